The summed E-state index contributed by atoms with van der Waals surface area (Å²) in [4.78, 5) is 11.4. The maximum absolute atomic E-state index is 11.4. The van der Waals surface area contributed by atoms with Gasteiger partial charge in [0.1, 0.15) is 5.60 Å². The van der Waals surface area contributed by atoms with Crippen LogP contribution in [0.15, 0.2) is 12.2 Å². The Hall–Kier alpha value is -1.07. The molecule has 0 saturated heterocycles. The number of aliphatic hydroxyl groups excluding tert-OH is 2. The molecule has 3 N–H and O–H groups in total. The second-order valence-corrected chi connectivity index (χ2v) is 4.76. The molecule has 0 fully saturated rings. The number of rotatable bonds is 5. The van der Waals surface area contributed by atoms with E-state index < -0.39 is 23.8 Å². The van der Waals surface area contributed by atoms with Crippen LogP contribution < -0.4 is 5.32 Å². The summed E-state index contributed by atoms with van der Waals surface area (Å²) in [5, 5.41) is 21.2. The van der Waals surface area contributed by atoms with E-state index >= 15 is 0 Å². The zero-order chi connectivity index (χ0) is 13.5. The van der Waals surface area contributed by atoms with E-state index in [1.54, 1.807) is 26.8 Å². The summed E-state index contributed by atoms with van der Waals surface area (Å²) in [7, 11) is 0. The molecule has 0 heterocycles. The van der Waals surface area contributed by atoms with Crippen LogP contribution in [-0.2, 0) is 4.74 Å². The van der Waals surface area contributed by atoms with Gasteiger partial charge in [0.2, 0.25) is 0 Å². The van der Waals surface area contributed by atoms with Crippen LogP contribution in [0, 0.1) is 0 Å². The number of nitrogens with one attached hydrogen (secondary N) is 1. The summed E-state index contributed by atoms with van der Waals surface area (Å²) in [6, 6.07) is -0.757. The molecule has 0 aliphatic rings. The van der Waals surface area contributed by atoms with Gasteiger partial charge >= 0.3 is 6.09 Å². The highest BCUT2D eigenvalue weighted by Crippen LogP contribution is 2.07. The lowest BCUT2D eigenvalue weighted by Crippen LogP contribution is -2.46. The summed E-state index contributed by atoms with van der Waals surface area (Å²) in [5.74, 6) is 0. The van der Waals surface area contributed by atoms with Gasteiger partial charge in [-0.2, -0.15) is 0 Å². The maximum atomic E-state index is 11.4. The summed E-state index contributed by atoms with van der Waals surface area (Å²) in [6.45, 7) is 6.81. The second-order valence-electron chi connectivity index (χ2n) is 4.76. The number of carbonyl (C=O) groups excluding carboxylic acids is 1. The molecule has 0 radical (unpaired) electrons. The third-order valence-electron chi connectivity index (χ3n) is 1.88. The Balaban J connectivity index is 4.30. The molecule has 0 aliphatic carbocycles. The van der Waals surface area contributed by atoms with Crippen LogP contribution in [0.3, 0.4) is 0 Å². The lowest BCUT2D eigenvalue weighted by molar-refractivity contribution is 0.0406. The van der Waals surface area contributed by atoms with Crippen molar-refractivity contribution in [2.45, 2.75) is 51.9 Å². The molecule has 0 bridgehead atoms. The average Bonchev–Trinajstić information content (AvgIpc) is 2.19. The van der Waals surface area contributed by atoms with E-state index in [1.807, 2.05) is 6.92 Å². The van der Waals surface area contributed by atoms with Gasteiger partial charge in [-0.15, -0.1) is 0 Å². The first-order chi connectivity index (χ1) is 7.80. The number of alkyl carbamates (subject to hydrolysis) is 1. The first-order valence-corrected chi connectivity index (χ1v) is 5.75. The zero-order valence-electron chi connectivity index (χ0n) is 10.9. The minimum Gasteiger partial charge on any atom is -0.444 e. The SMILES string of the molecule is CC/C=C/[C@@H](O)[C@H](CO)NC(=O)OC(C)(C)C. The van der Waals surface area contributed by atoms with Crippen molar-refractivity contribution in [1.29, 1.82) is 0 Å². The summed E-state index contributed by atoms with van der Waals surface area (Å²) < 4.78 is 5.03. The van der Waals surface area contributed by atoms with Gasteiger partial charge in [-0.05, 0) is 27.2 Å². The number of hydrogen-bond donors (Lipinski definition) is 3. The number of amides is 1. The van der Waals surface area contributed by atoms with Crippen molar-refractivity contribution in [1.82, 2.24) is 5.32 Å². The van der Waals surface area contributed by atoms with Crippen LogP contribution in [0.5, 0.6) is 0 Å². The summed E-state index contributed by atoms with van der Waals surface area (Å²) in [6.07, 6.45) is 2.51. The Bertz CT molecular complexity index is 258. The average molecular weight is 245 g/mol. The van der Waals surface area contributed by atoms with Crippen LogP contribution in [0.4, 0.5) is 4.79 Å². The van der Waals surface area contributed by atoms with Crippen molar-refractivity contribution in [3.8, 4) is 0 Å². The van der Waals surface area contributed by atoms with Crippen molar-refractivity contribution in [2.75, 3.05) is 6.61 Å². The number of allylic oxidation sites excluding steroid dienone is 1. The number of aliphatic hydroxyl groups is 2. The van der Waals surface area contributed by atoms with Gasteiger partial charge in [0.15, 0.2) is 0 Å². The lowest BCUT2D eigenvalue weighted by atomic mass is 10.1. The fourth-order valence-corrected chi connectivity index (χ4v) is 1.11. The minimum atomic E-state index is -0.924. The maximum Gasteiger partial charge on any atom is 0.408 e. The lowest BCUT2D eigenvalue weighted by Gasteiger charge is -2.24. The number of hydrogen-bond acceptors (Lipinski definition) is 4. The third-order valence-corrected chi connectivity index (χ3v) is 1.88. The van der Waals surface area contributed by atoms with E-state index in [1.165, 1.54) is 6.08 Å². The smallest absolute Gasteiger partial charge is 0.408 e. The van der Waals surface area contributed by atoms with E-state index in [2.05, 4.69) is 5.32 Å². The minimum absolute atomic E-state index is 0.353. The third kappa shape index (κ3) is 7.76. The molecule has 5 heteroatoms. The number of carbonyl (C=O) groups is 1. The highest BCUT2D eigenvalue weighted by atomic mass is 16.6. The molecule has 0 saturated carbocycles. The van der Waals surface area contributed by atoms with E-state index in [4.69, 9.17) is 9.84 Å². The molecule has 0 spiro atoms. The number of ether oxygens (including phenoxy) is 1. The zero-order valence-corrected chi connectivity index (χ0v) is 10.9. The largest absolute Gasteiger partial charge is 0.444 e. The van der Waals surface area contributed by atoms with Gasteiger partial charge in [0.25, 0.3) is 0 Å². The molecule has 100 valence electrons. The Morgan fingerprint density at radius 2 is 2.06 bits per heavy atom. The molecule has 0 aliphatic heterocycles. The van der Waals surface area contributed by atoms with E-state index in [9.17, 15) is 9.90 Å². The summed E-state index contributed by atoms with van der Waals surface area (Å²) >= 11 is 0. The van der Waals surface area contributed by atoms with Crippen LogP contribution in [-0.4, -0.2) is 40.7 Å². The Kier molecular flexibility index (Phi) is 6.83. The fourth-order valence-electron chi connectivity index (χ4n) is 1.11. The molecule has 17 heavy (non-hydrogen) atoms. The van der Waals surface area contributed by atoms with Gasteiger partial charge in [-0.3, -0.25) is 0 Å². The van der Waals surface area contributed by atoms with Gasteiger partial charge in [0.05, 0.1) is 18.8 Å². The molecule has 2 atom stereocenters. The fraction of sp³-hybridized carbons (Fsp3) is 0.750. The second kappa shape index (κ2) is 7.29. The standard InChI is InChI=1S/C12H23NO4/c1-5-6-7-10(15)9(8-14)13-11(16)17-12(2,3)4/h6-7,9-10,14-15H,5,8H2,1-4H3,(H,13,16)/b7-6+/t9-,10+/m0/s1. The van der Waals surface area contributed by atoms with Crippen molar-refractivity contribution in [2.24, 2.45) is 0 Å². The van der Waals surface area contributed by atoms with Crippen LogP contribution in [0.2, 0.25) is 0 Å². The summed E-state index contributed by atoms with van der Waals surface area (Å²) in [5.41, 5.74) is -0.603. The van der Waals surface area contributed by atoms with Crippen LogP contribution in [0.1, 0.15) is 34.1 Å². The van der Waals surface area contributed by atoms with E-state index in [0.29, 0.717) is 0 Å². The Morgan fingerprint density at radius 3 is 2.47 bits per heavy atom. The van der Waals surface area contributed by atoms with Crippen LogP contribution in [0.25, 0.3) is 0 Å². The first-order valence-electron chi connectivity index (χ1n) is 5.75. The van der Waals surface area contributed by atoms with Crippen molar-refractivity contribution in [3.05, 3.63) is 12.2 Å². The molecule has 0 aromatic carbocycles. The van der Waals surface area contributed by atoms with Gasteiger partial charge in [-0.25, -0.2) is 4.79 Å². The molecule has 5 nitrogen and oxygen atoms in total. The Labute approximate surface area is 102 Å². The molecule has 1 amide bonds. The Morgan fingerprint density at radius 1 is 1.47 bits per heavy atom. The highest BCUT2D eigenvalue weighted by Gasteiger charge is 2.22. The molecule has 0 unspecified atom stereocenters. The van der Waals surface area contributed by atoms with E-state index in [0.717, 1.165) is 6.42 Å². The van der Waals surface area contributed by atoms with Crippen molar-refractivity contribution < 1.29 is 19.7 Å². The van der Waals surface area contributed by atoms with E-state index in [-0.39, 0.29) is 6.61 Å². The van der Waals surface area contributed by atoms with Crippen LogP contribution >= 0.6 is 0 Å². The van der Waals surface area contributed by atoms with Crippen molar-refractivity contribution >= 4 is 6.09 Å². The first kappa shape index (κ1) is 15.9. The van der Waals surface area contributed by atoms with Gasteiger partial charge < -0.3 is 20.3 Å². The quantitative estimate of drug-likeness (QED) is 0.636. The van der Waals surface area contributed by atoms with Crippen molar-refractivity contribution in [3.63, 3.8) is 0 Å². The normalized spacial score (nSPS) is 15.6. The molecular formula is C12H23NO4. The predicted molar refractivity (Wildman–Crippen MR) is 65.7 cm³/mol. The van der Waals surface area contributed by atoms with Gasteiger partial charge in [-0.1, -0.05) is 19.1 Å². The molecule has 0 aromatic rings. The molecule has 0 aromatic heterocycles. The molecule has 0 rings (SSSR count). The monoisotopic (exact) mass is 245 g/mol. The molecular weight excluding hydrogens is 222 g/mol. The highest BCUT2D eigenvalue weighted by molar-refractivity contribution is 5.68. The topological polar surface area (TPSA) is 78.8 Å². The van der Waals surface area contributed by atoms with Gasteiger partial charge in [0, 0.05) is 0 Å². The predicted octanol–water partition coefficient (Wildman–Crippen LogP) is 1.20.